The molecule has 1 aromatic rings. The molecule has 1 N–H and O–H groups in total. The standard InChI is InChI=1S/C22H32NO3.BrH/c24-21(26-20-13-16-23(17-20)14-7-2-8-15-23)22(25,19-11-5-6-12-19)18-9-3-1-4-10-18;/h1,3-4,9-10,19-20,25H,2,5-8,11-17H2;1H/q+1;/p-1. The fourth-order valence-corrected chi connectivity index (χ4v) is 5.52. The zero-order chi connectivity index (χ0) is 18.0. The molecule has 0 bridgehead atoms. The molecule has 0 radical (unpaired) electrons. The summed E-state index contributed by atoms with van der Waals surface area (Å²) in [7, 11) is 0. The number of nitrogens with zero attached hydrogens (tertiary/aromatic N) is 1. The van der Waals surface area contributed by atoms with Crippen molar-refractivity contribution in [1.29, 1.82) is 0 Å². The Bertz CT molecular complexity index is 626. The smallest absolute Gasteiger partial charge is 0.343 e. The maximum Gasteiger partial charge on any atom is 0.343 e. The Morgan fingerprint density at radius 3 is 2.30 bits per heavy atom. The molecular weight excluding hydrogens is 406 g/mol. The fourth-order valence-electron chi connectivity index (χ4n) is 5.52. The summed E-state index contributed by atoms with van der Waals surface area (Å²) in [5, 5.41) is 11.5. The van der Waals surface area contributed by atoms with Gasteiger partial charge in [0.25, 0.3) is 0 Å². The van der Waals surface area contributed by atoms with Gasteiger partial charge in [0.1, 0.15) is 6.54 Å². The summed E-state index contributed by atoms with van der Waals surface area (Å²) in [5.41, 5.74) is -0.802. The Kier molecular flexibility index (Phi) is 6.65. The number of quaternary nitrogens is 1. The van der Waals surface area contributed by atoms with Gasteiger partial charge in [-0.15, -0.1) is 0 Å². The van der Waals surface area contributed by atoms with E-state index in [0.717, 1.165) is 49.7 Å². The molecular formula is C22H32BrNO3. The van der Waals surface area contributed by atoms with Crippen molar-refractivity contribution in [1.82, 2.24) is 0 Å². The van der Waals surface area contributed by atoms with Gasteiger partial charge in [0.15, 0.2) is 11.7 Å². The number of halogens is 1. The van der Waals surface area contributed by atoms with E-state index in [-0.39, 0.29) is 29.0 Å². The van der Waals surface area contributed by atoms with Gasteiger partial charge in [-0.2, -0.15) is 0 Å². The maximum absolute atomic E-state index is 13.2. The molecule has 3 fully saturated rings. The third-order valence-electron chi connectivity index (χ3n) is 7.03. The Hall–Kier alpha value is -0.910. The number of carbonyl (C=O) groups is 1. The number of aliphatic hydroxyl groups is 1. The minimum absolute atomic E-state index is 0. The summed E-state index contributed by atoms with van der Waals surface area (Å²) >= 11 is 0. The van der Waals surface area contributed by atoms with Crippen LogP contribution < -0.4 is 17.0 Å². The first-order chi connectivity index (χ1) is 12.6. The van der Waals surface area contributed by atoms with Crippen LogP contribution in [0.5, 0.6) is 0 Å². The van der Waals surface area contributed by atoms with Crippen LogP contribution in [0.2, 0.25) is 0 Å². The van der Waals surface area contributed by atoms with Crippen molar-refractivity contribution >= 4 is 5.97 Å². The van der Waals surface area contributed by atoms with Crippen LogP contribution in [-0.2, 0) is 15.1 Å². The van der Waals surface area contributed by atoms with E-state index < -0.39 is 11.6 Å². The Morgan fingerprint density at radius 1 is 0.963 bits per heavy atom. The summed E-state index contributed by atoms with van der Waals surface area (Å²) in [6.07, 6.45) is 8.75. The lowest BCUT2D eigenvalue weighted by Crippen LogP contribution is -3.00. The van der Waals surface area contributed by atoms with E-state index in [9.17, 15) is 9.90 Å². The highest BCUT2D eigenvalue weighted by Crippen LogP contribution is 2.42. The van der Waals surface area contributed by atoms with Crippen molar-refractivity contribution in [2.75, 3.05) is 26.2 Å². The average Bonchev–Trinajstić information content (AvgIpc) is 3.34. The first kappa shape index (κ1) is 20.8. The summed E-state index contributed by atoms with van der Waals surface area (Å²) in [4.78, 5) is 13.2. The van der Waals surface area contributed by atoms with E-state index in [1.165, 1.54) is 32.4 Å². The van der Waals surface area contributed by atoms with Gasteiger partial charge >= 0.3 is 5.97 Å². The molecule has 1 saturated carbocycles. The van der Waals surface area contributed by atoms with Crippen molar-refractivity contribution in [3.8, 4) is 0 Å². The summed E-state index contributed by atoms with van der Waals surface area (Å²) < 4.78 is 7.08. The monoisotopic (exact) mass is 437 g/mol. The number of benzene rings is 1. The normalized spacial score (nSPS) is 27.1. The number of rotatable bonds is 4. The number of ether oxygens (including phenoxy) is 1. The molecule has 4 nitrogen and oxygen atoms in total. The predicted molar refractivity (Wildman–Crippen MR) is 100 cm³/mol. The van der Waals surface area contributed by atoms with Crippen LogP contribution >= 0.6 is 0 Å². The van der Waals surface area contributed by atoms with Crippen LogP contribution in [0.1, 0.15) is 56.9 Å². The third kappa shape index (κ3) is 4.10. The molecule has 1 spiro atoms. The van der Waals surface area contributed by atoms with E-state index in [2.05, 4.69) is 0 Å². The molecule has 2 unspecified atom stereocenters. The maximum atomic E-state index is 13.2. The number of carbonyl (C=O) groups excluding carboxylic acids is 1. The van der Waals surface area contributed by atoms with Gasteiger partial charge in [-0.3, -0.25) is 0 Å². The van der Waals surface area contributed by atoms with Crippen LogP contribution in [0, 0.1) is 5.92 Å². The molecule has 2 atom stereocenters. The van der Waals surface area contributed by atoms with Crippen LogP contribution in [0.3, 0.4) is 0 Å². The van der Waals surface area contributed by atoms with Gasteiger partial charge in [0.05, 0.1) is 19.6 Å². The molecule has 1 aromatic carbocycles. The summed E-state index contributed by atoms with van der Waals surface area (Å²) in [6.45, 7) is 4.49. The lowest BCUT2D eigenvalue weighted by atomic mass is 9.80. The molecule has 27 heavy (non-hydrogen) atoms. The Balaban J connectivity index is 0.00000210. The summed E-state index contributed by atoms with van der Waals surface area (Å²) in [6, 6.07) is 9.45. The topological polar surface area (TPSA) is 46.5 Å². The molecule has 2 saturated heterocycles. The van der Waals surface area contributed by atoms with Crippen LogP contribution in [0.15, 0.2) is 30.3 Å². The second-order valence-corrected chi connectivity index (χ2v) is 8.69. The van der Waals surface area contributed by atoms with Gasteiger partial charge in [-0.1, -0.05) is 43.2 Å². The second kappa shape index (κ2) is 8.62. The van der Waals surface area contributed by atoms with Crippen molar-refractivity contribution in [2.24, 2.45) is 5.92 Å². The average molecular weight is 438 g/mol. The number of hydrogen-bond donors (Lipinski definition) is 1. The lowest BCUT2D eigenvalue weighted by molar-refractivity contribution is -0.922. The first-order valence-corrected chi connectivity index (χ1v) is 10.5. The number of esters is 1. The zero-order valence-corrected chi connectivity index (χ0v) is 17.7. The minimum Gasteiger partial charge on any atom is -1.00 e. The highest BCUT2D eigenvalue weighted by molar-refractivity contribution is 5.81. The Morgan fingerprint density at radius 2 is 1.63 bits per heavy atom. The van der Waals surface area contributed by atoms with E-state index in [0.29, 0.717) is 5.56 Å². The number of hydrogen-bond acceptors (Lipinski definition) is 3. The Labute approximate surface area is 173 Å². The van der Waals surface area contributed by atoms with Crippen LogP contribution in [-0.4, -0.2) is 47.8 Å². The fraction of sp³-hybridized carbons (Fsp3) is 0.682. The van der Waals surface area contributed by atoms with E-state index in [4.69, 9.17) is 4.74 Å². The van der Waals surface area contributed by atoms with Crippen molar-refractivity contribution < 1.29 is 36.1 Å². The lowest BCUT2D eigenvalue weighted by Gasteiger charge is -2.38. The van der Waals surface area contributed by atoms with Gasteiger partial charge < -0.3 is 31.3 Å². The van der Waals surface area contributed by atoms with Gasteiger partial charge in [-0.25, -0.2) is 4.79 Å². The molecule has 0 aromatic heterocycles. The van der Waals surface area contributed by atoms with Gasteiger partial charge in [-0.05, 0) is 37.7 Å². The largest absolute Gasteiger partial charge is 1.00 e. The molecule has 5 heteroatoms. The molecule has 150 valence electrons. The van der Waals surface area contributed by atoms with Crippen molar-refractivity contribution in [3.63, 3.8) is 0 Å². The van der Waals surface area contributed by atoms with Crippen molar-refractivity contribution in [3.05, 3.63) is 35.9 Å². The first-order valence-electron chi connectivity index (χ1n) is 10.5. The zero-order valence-electron chi connectivity index (χ0n) is 16.1. The predicted octanol–water partition coefficient (Wildman–Crippen LogP) is 0.385. The molecule has 2 heterocycles. The van der Waals surface area contributed by atoms with E-state index >= 15 is 0 Å². The molecule has 1 aliphatic carbocycles. The third-order valence-corrected chi connectivity index (χ3v) is 7.03. The van der Waals surface area contributed by atoms with Crippen molar-refractivity contribution in [2.45, 2.75) is 63.1 Å². The summed E-state index contributed by atoms with van der Waals surface area (Å²) in [5.74, 6) is -0.449. The second-order valence-electron chi connectivity index (χ2n) is 8.69. The minimum atomic E-state index is -1.49. The molecule has 2 aliphatic heterocycles. The highest BCUT2D eigenvalue weighted by atomic mass is 79.9. The van der Waals surface area contributed by atoms with Gasteiger partial charge in [0, 0.05) is 12.3 Å². The van der Waals surface area contributed by atoms with E-state index in [1.54, 1.807) is 0 Å². The molecule has 3 aliphatic rings. The molecule has 0 amide bonds. The quantitative estimate of drug-likeness (QED) is 0.547. The van der Waals surface area contributed by atoms with Crippen LogP contribution in [0.4, 0.5) is 0 Å². The molecule has 4 rings (SSSR count). The highest BCUT2D eigenvalue weighted by Gasteiger charge is 2.50. The van der Waals surface area contributed by atoms with Crippen LogP contribution in [0.25, 0.3) is 0 Å². The van der Waals surface area contributed by atoms with Gasteiger partial charge in [0.2, 0.25) is 0 Å². The SMILES string of the molecule is O=C(OC1CC[N+]2(CCCCC2)C1)C(O)(c1ccccc1)C1CCCC1.[Br-]. The van der Waals surface area contributed by atoms with E-state index in [1.807, 2.05) is 30.3 Å². The number of piperidine rings is 1.